The van der Waals surface area contributed by atoms with Crippen LogP contribution in [0.1, 0.15) is 31.2 Å². The summed E-state index contributed by atoms with van der Waals surface area (Å²) in [4.78, 5) is 10.9. The minimum Gasteiger partial charge on any atom is -0.458 e. The van der Waals surface area contributed by atoms with Crippen molar-refractivity contribution in [3.63, 3.8) is 0 Å². The molecule has 0 aromatic heterocycles. The van der Waals surface area contributed by atoms with Crippen LogP contribution >= 0.6 is 0 Å². The lowest BCUT2D eigenvalue weighted by Crippen LogP contribution is -2.20. The summed E-state index contributed by atoms with van der Waals surface area (Å²) in [5.41, 5.74) is 1.32. The number of ether oxygens (including phenoxy) is 1. The first-order valence-corrected chi connectivity index (χ1v) is 5.64. The van der Waals surface area contributed by atoms with Gasteiger partial charge >= 0.3 is 5.97 Å². The van der Waals surface area contributed by atoms with Crippen molar-refractivity contribution in [2.45, 2.75) is 31.8 Å². The number of allylic oxidation sites excluding steroid dienone is 1. The molecule has 0 bridgehead atoms. The summed E-state index contributed by atoms with van der Waals surface area (Å²) < 4.78 is 5.22. The highest BCUT2D eigenvalue weighted by atomic mass is 16.5. The van der Waals surface area contributed by atoms with Gasteiger partial charge in [-0.3, -0.25) is 4.79 Å². The summed E-state index contributed by atoms with van der Waals surface area (Å²) >= 11 is 0. The molecule has 0 radical (unpaired) electrons. The van der Waals surface area contributed by atoms with Crippen LogP contribution in [0.2, 0.25) is 0 Å². The third-order valence-corrected chi connectivity index (χ3v) is 2.88. The van der Waals surface area contributed by atoms with Crippen LogP contribution in [0.15, 0.2) is 42.5 Å². The lowest BCUT2D eigenvalue weighted by atomic mass is 9.86. The van der Waals surface area contributed by atoms with Gasteiger partial charge in [0.05, 0.1) is 0 Å². The fourth-order valence-corrected chi connectivity index (χ4v) is 2.15. The van der Waals surface area contributed by atoms with Crippen molar-refractivity contribution in [2.75, 3.05) is 0 Å². The molecule has 2 nitrogen and oxygen atoms in total. The second kappa shape index (κ2) is 4.97. The molecule has 16 heavy (non-hydrogen) atoms. The Balaban J connectivity index is 2.04. The van der Waals surface area contributed by atoms with E-state index in [2.05, 4.69) is 30.3 Å². The fourth-order valence-electron chi connectivity index (χ4n) is 2.15. The number of carbonyl (C=O) groups excluding carboxylic acids is 1. The molecule has 1 aliphatic carbocycles. The molecule has 1 aromatic rings. The molecule has 0 unspecified atom stereocenters. The Morgan fingerprint density at radius 1 is 1.31 bits per heavy atom. The summed E-state index contributed by atoms with van der Waals surface area (Å²) in [5.74, 6) is 0.263. The van der Waals surface area contributed by atoms with Gasteiger partial charge in [-0.05, 0) is 30.4 Å². The minimum absolute atomic E-state index is 0.0588. The second-order valence-corrected chi connectivity index (χ2v) is 4.16. The van der Waals surface area contributed by atoms with Crippen molar-refractivity contribution < 1.29 is 9.53 Å². The first kappa shape index (κ1) is 10.9. The Bertz CT molecular complexity index is 381. The van der Waals surface area contributed by atoms with Crippen LogP contribution < -0.4 is 0 Å². The lowest BCUT2D eigenvalue weighted by Gasteiger charge is -2.24. The topological polar surface area (TPSA) is 26.3 Å². The normalized spacial score (nSPS) is 24.1. The van der Waals surface area contributed by atoms with E-state index in [4.69, 9.17) is 4.74 Å². The van der Waals surface area contributed by atoms with Gasteiger partial charge in [0, 0.05) is 6.92 Å². The summed E-state index contributed by atoms with van der Waals surface area (Å²) in [6.07, 6.45) is 5.95. The van der Waals surface area contributed by atoms with Gasteiger partial charge in [0.1, 0.15) is 6.10 Å². The van der Waals surface area contributed by atoms with Crippen LogP contribution in [0.4, 0.5) is 0 Å². The third kappa shape index (κ3) is 2.72. The molecule has 84 valence electrons. The van der Waals surface area contributed by atoms with Gasteiger partial charge in [-0.1, -0.05) is 36.4 Å². The van der Waals surface area contributed by atoms with Crippen molar-refractivity contribution in [2.24, 2.45) is 0 Å². The van der Waals surface area contributed by atoms with Gasteiger partial charge in [0.25, 0.3) is 0 Å². The van der Waals surface area contributed by atoms with Crippen LogP contribution in [0.3, 0.4) is 0 Å². The molecule has 2 heteroatoms. The Kier molecular flexibility index (Phi) is 3.40. The van der Waals surface area contributed by atoms with E-state index in [1.54, 1.807) is 0 Å². The standard InChI is InChI=1S/C14H16O2/c1-11(15)16-14-9-5-8-13(10-14)12-6-3-2-4-7-12/h2-7,9,13-14H,8,10H2,1H3/t13-,14-/m1/s1. The van der Waals surface area contributed by atoms with E-state index in [-0.39, 0.29) is 12.1 Å². The number of benzene rings is 1. The SMILES string of the molecule is CC(=O)O[C@@H]1C=CC[C@@H](c2ccccc2)C1. The van der Waals surface area contributed by atoms with Gasteiger partial charge in [-0.2, -0.15) is 0 Å². The van der Waals surface area contributed by atoms with Gasteiger partial charge in [0.2, 0.25) is 0 Å². The van der Waals surface area contributed by atoms with Gasteiger partial charge in [0.15, 0.2) is 0 Å². The van der Waals surface area contributed by atoms with E-state index >= 15 is 0 Å². The van der Waals surface area contributed by atoms with Gasteiger partial charge in [-0.25, -0.2) is 0 Å². The van der Waals surface area contributed by atoms with E-state index in [9.17, 15) is 4.79 Å². The van der Waals surface area contributed by atoms with Crippen molar-refractivity contribution >= 4 is 5.97 Å². The maximum Gasteiger partial charge on any atom is 0.303 e. The van der Waals surface area contributed by atoms with E-state index in [0.717, 1.165) is 12.8 Å². The molecule has 0 fully saturated rings. The van der Waals surface area contributed by atoms with E-state index < -0.39 is 0 Å². The average molecular weight is 216 g/mol. The molecule has 1 aliphatic rings. The molecule has 0 aliphatic heterocycles. The van der Waals surface area contributed by atoms with Crippen molar-refractivity contribution in [1.29, 1.82) is 0 Å². The molecular formula is C14H16O2. The molecule has 0 spiro atoms. The molecular weight excluding hydrogens is 200 g/mol. The summed E-state index contributed by atoms with van der Waals surface area (Å²) in [5, 5.41) is 0. The summed E-state index contributed by atoms with van der Waals surface area (Å²) in [6, 6.07) is 10.4. The zero-order chi connectivity index (χ0) is 11.4. The first-order chi connectivity index (χ1) is 7.75. The van der Waals surface area contributed by atoms with Crippen LogP contribution in [-0.4, -0.2) is 12.1 Å². The molecule has 2 atom stereocenters. The Morgan fingerprint density at radius 3 is 2.75 bits per heavy atom. The van der Waals surface area contributed by atoms with Crippen LogP contribution in [0.5, 0.6) is 0 Å². The second-order valence-electron chi connectivity index (χ2n) is 4.16. The quantitative estimate of drug-likeness (QED) is 0.561. The zero-order valence-electron chi connectivity index (χ0n) is 9.43. The Hall–Kier alpha value is -1.57. The Labute approximate surface area is 95.9 Å². The van der Waals surface area contributed by atoms with Crippen LogP contribution in [0.25, 0.3) is 0 Å². The third-order valence-electron chi connectivity index (χ3n) is 2.88. The lowest BCUT2D eigenvalue weighted by molar-refractivity contribution is -0.144. The molecule has 0 amide bonds. The zero-order valence-corrected chi connectivity index (χ0v) is 9.43. The van der Waals surface area contributed by atoms with Crippen molar-refractivity contribution in [3.05, 3.63) is 48.0 Å². The van der Waals surface area contributed by atoms with Crippen molar-refractivity contribution in [1.82, 2.24) is 0 Å². The monoisotopic (exact) mass is 216 g/mol. The predicted molar refractivity (Wildman–Crippen MR) is 63.1 cm³/mol. The highest BCUT2D eigenvalue weighted by Crippen LogP contribution is 2.30. The predicted octanol–water partition coefficient (Wildman–Crippen LogP) is 3.05. The van der Waals surface area contributed by atoms with Crippen LogP contribution in [0, 0.1) is 0 Å². The van der Waals surface area contributed by atoms with Crippen molar-refractivity contribution in [3.8, 4) is 0 Å². The highest BCUT2D eigenvalue weighted by Gasteiger charge is 2.20. The fraction of sp³-hybridized carbons (Fsp3) is 0.357. The van der Waals surface area contributed by atoms with Crippen LogP contribution in [-0.2, 0) is 9.53 Å². The molecule has 0 N–H and O–H groups in total. The first-order valence-electron chi connectivity index (χ1n) is 5.64. The minimum atomic E-state index is -0.205. The maximum absolute atomic E-state index is 10.9. The molecule has 1 aromatic carbocycles. The maximum atomic E-state index is 10.9. The van der Waals surface area contributed by atoms with E-state index in [1.165, 1.54) is 12.5 Å². The van der Waals surface area contributed by atoms with Gasteiger partial charge < -0.3 is 4.74 Å². The average Bonchev–Trinajstić information content (AvgIpc) is 2.30. The number of hydrogen-bond donors (Lipinski definition) is 0. The Morgan fingerprint density at radius 2 is 2.06 bits per heavy atom. The molecule has 0 saturated heterocycles. The summed E-state index contributed by atoms with van der Waals surface area (Å²) in [7, 11) is 0. The molecule has 0 heterocycles. The highest BCUT2D eigenvalue weighted by molar-refractivity contribution is 5.66. The molecule has 2 rings (SSSR count). The number of carbonyl (C=O) groups is 1. The largest absolute Gasteiger partial charge is 0.458 e. The number of rotatable bonds is 2. The van der Waals surface area contributed by atoms with E-state index in [0.29, 0.717) is 5.92 Å². The van der Waals surface area contributed by atoms with Gasteiger partial charge in [-0.15, -0.1) is 0 Å². The number of hydrogen-bond acceptors (Lipinski definition) is 2. The smallest absolute Gasteiger partial charge is 0.303 e. The number of esters is 1. The summed E-state index contributed by atoms with van der Waals surface area (Å²) in [6.45, 7) is 1.46. The molecule has 0 saturated carbocycles. The van der Waals surface area contributed by atoms with E-state index in [1.807, 2.05) is 12.1 Å².